The van der Waals surface area contributed by atoms with Crippen LogP contribution in [-0.4, -0.2) is 31.8 Å². The summed E-state index contributed by atoms with van der Waals surface area (Å²) in [5, 5.41) is 3.19. The van der Waals surface area contributed by atoms with E-state index in [9.17, 15) is 0 Å². The molecule has 60 valence electrons. The van der Waals surface area contributed by atoms with Gasteiger partial charge in [-0.3, -0.25) is 0 Å². The van der Waals surface area contributed by atoms with Gasteiger partial charge in [-0.15, -0.1) is 0 Å². The zero-order chi connectivity index (χ0) is 8.27. The predicted octanol–water partition coefficient (Wildman–Crippen LogP) is 0.577. The van der Waals surface area contributed by atoms with E-state index in [4.69, 9.17) is 0 Å². The predicted molar refractivity (Wildman–Crippen MR) is 47.4 cm³/mol. The van der Waals surface area contributed by atoms with E-state index in [-0.39, 0.29) is 0 Å². The largest absolute Gasteiger partial charge is 0.380 e. The molecule has 11 heavy (non-hydrogen) atoms. The molecule has 0 aromatic heterocycles. The Hall–Kier alpha value is -1.25. The van der Waals surface area contributed by atoms with Crippen LogP contribution < -0.4 is 5.32 Å². The number of allylic oxidation sites excluding steroid dienone is 1. The number of hydrogen-bond donors (Lipinski definition) is 1. The number of nitrogens with one attached hydrogen (secondary N) is 1. The van der Waals surface area contributed by atoms with Gasteiger partial charge in [0, 0.05) is 20.1 Å². The summed E-state index contributed by atoms with van der Waals surface area (Å²) in [4.78, 5) is 5.96. The van der Waals surface area contributed by atoms with Crippen LogP contribution in [0.1, 0.15) is 0 Å². The fourth-order valence-electron chi connectivity index (χ4n) is 1.12. The van der Waals surface area contributed by atoms with Crippen molar-refractivity contribution in [2.24, 2.45) is 4.99 Å². The van der Waals surface area contributed by atoms with Gasteiger partial charge < -0.3 is 10.2 Å². The molecule has 0 amide bonds. The van der Waals surface area contributed by atoms with E-state index in [1.54, 1.807) is 6.08 Å². The average Bonchev–Trinajstić information content (AvgIpc) is 2.04. The van der Waals surface area contributed by atoms with E-state index in [0.29, 0.717) is 0 Å². The average molecular weight is 151 g/mol. The zero-order valence-corrected chi connectivity index (χ0v) is 6.80. The summed E-state index contributed by atoms with van der Waals surface area (Å²) >= 11 is 0. The second-order valence-corrected chi connectivity index (χ2v) is 2.45. The fraction of sp³-hybridized carbons (Fsp3) is 0.375. The third kappa shape index (κ3) is 1.42. The van der Waals surface area contributed by atoms with Gasteiger partial charge in [-0.1, -0.05) is 6.58 Å². The first-order chi connectivity index (χ1) is 5.29. The van der Waals surface area contributed by atoms with E-state index in [1.807, 2.05) is 7.05 Å². The third-order valence-corrected chi connectivity index (χ3v) is 1.72. The van der Waals surface area contributed by atoms with Crippen molar-refractivity contribution in [2.45, 2.75) is 0 Å². The Morgan fingerprint density at radius 2 is 2.45 bits per heavy atom. The van der Waals surface area contributed by atoms with Crippen molar-refractivity contribution in [3.63, 3.8) is 0 Å². The Morgan fingerprint density at radius 1 is 1.73 bits per heavy atom. The van der Waals surface area contributed by atoms with E-state index < -0.39 is 0 Å². The number of aliphatic imine (C=N–C) groups is 1. The van der Waals surface area contributed by atoms with Crippen LogP contribution in [0, 0.1) is 0 Å². The molecule has 0 unspecified atom stereocenters. The van der Waals surface area contributed by atoms with Crippen LogP contribution in [0.25, 0.3) is 0 Å². The summed E-state index contributed by atoms with van der Waals surface area (Å²) < 4.78 is 0. The summed E-state index contributed by atoms with van der Waals surface area (Å²) in [6.07, 6.45) is 1.76. The van der Waals surface area contributed by atoms with Crippen molar-refractivity contribution in [2.75, 3.05) is 20.1 Å². The zero-order valence-electron chi connectivity index (χ0n) is 6.80. The topological polar surface area (TPSA) is 27.6 Å². The molecule has 0 bridgehead atoms. The van der Waals surface area contributed by atoms with Crippen molar-refractivity contribution in [1.29, 1.82) is 0 Å². The summed E-state index contributed by atoms with van der Waals surface area (Å²) in [5.41, 5.74) is 0.966. The van der Waals surface area contributed by atoms with Gasteiger partial charge in [-0.2, -0.15) is 0 Å². The standard InChI is InChI=1S/C8H13N3/c1-4-7-8(9-2)11(3)6-5-10-7/h4,10H,1-2,5-6H2,3H3. The second-order valence-electron chi connectivity index (χ2n) is 2.45. The Labute approximate surface area is 67.1 Å². The van der Waals surface area contributed by atoms with Gasteiger partial charge in [0.1, 0.15) is 0 Å². The molecule has 0 radical (unpaired) electrons. The molecule has 1 heterocycles. The summed E-state index contributed by atoms with van der Waals surface area (Å²) in [6, 6.07) is 0. The summed E-state index contributed by atoms with van der Waals surface area (Å²) in [6.45, 7) is 9.08. The lowest BCUT2D eigenvalue weighted by molar-refractivity contribution is 0.382. The molecule has 0 aromatic carbocycles. The van der Waals surface area contributed by atoms with E-state index >= 15 is 0 Å². The molecule has 1 rings (SSSR count). The first-order valence-corrected chi connectivity index (χ1v) is 3.58. The van der Waals surface area contributed by atoms with Crippen LogP contribution in [0.5, 0.6) is 0 Å². The number of hydrogen-bond acceptors (Lipinski definition) is 3. The quantitative estimate of drug-likeness (QED) is 0.584. The molecule has 3 nitrogen and oxygen atoms in total. The lowest BCUT2D eigenvalue weighted by Gasteiger charge is -2.27. The number of rotatable bonds is 2. The monoisotopic (exact) mass is 151 g/mol. The van der Waals surface area contributed by atoms with Gasteiger partial charge in [0.2, 0.25) is 0 Å². The summed E-state index contributed by atoms with van der Waals surface area (Å²) in [7, 11) is 1.99. The summed E-state index contributed by atoms with van der Waals surface area (Å²) in [5.74, 6) is 0.881. The first kappa shape index (κ1) is 7.85. The molecule has 1 N–H and O–H groups in total. The van der Waals surface area contributed by atoms with Crippen LogP contribution in [-0.2, 0) is 0 Å². The lowest BCUT2D eigenvalue weighted by Crippen LogP contribution is -2.35. The molecule has 0 atom stereocenters. The van der Waals surface area contributed by atoms with Gasteiger partial charge >= 0.3 is 0 Å². The van der Waals surface area contributed by atoms with E-state index in [0.717, 1.165) is 24.6 Å². The van der Waals surface area contributed by atoms with Crippen LogP contribution in [0.15, 0.2) is 29.2 Å². The normalized spacial score (nSPS) is 17.7. The van der Waals surface area contributed by atoms with Gasteiger partial charge in [-0.25, -0.2) is 4.99 Å². The third-order valence-electron chi connectivity index (χ3n) is 1.72. The van der Waals surface area contributed by atoms with Crippen LogP contribution in [0.3, 0.4) is 0 Å². The molecule has 0 saturated carbocycles. The molecule has 0 spiro atoms. The molecule has 3 heteroatoms. The van der Waals surface area contributed by atoms with Gasteiger partial charge in [-0.05, 0) is 12.8 Å². The highest BCUT2D eigenvalue weighted by atomic mass is 15.2. The minimum atomic E-state index is 0.881. The first-order valence-electron chi connectivity index (χ1n) is 3.58. The van der Waals surface area contributed by atoms with E-state index in [1.165, 1.54) is 0 Å². The van der Waals surface area contributed by atoms with Gasteiger partial charge in [0.15, 0.2) is 5.82 Å². The highest BCUT2D eigenvalue weighted by Crippen LogP contribution is 2.11. The van der Waals surface area contributed by atoms with Gasteiger partial charge in [0.25, 0.3) is 0 Å². The van der Waals surface area contributed by atoms with Crippen LogP contribution in [0.2, 0.25) is 0 Å². The Bertz CT molecular complexity index is 205. The minimum Gasteiger partial charge on any atom is -0.380 e. The SMILES string of the molecule is C=CC1=C(N=C)N(C)CCN1. The highest BCUT2D eigenvalue weighted by Gasteiger charge is 2.11. The Morgan fingerprint density at radius 3 is 2.91 bits per heavy atom. The fourth-order valence-corrected chi connectivity index (χ4v) is 1.12. The van der Waals surface area contributed by atoms with Crippen molar-refractivity contribution in [3.8, 4) is 0 Å². The molecular weight excluding hydrogens is 138 g/mol. The maximum atomic E-state index is 3.90. The maximum Gasteiger partial charge on any atom is 0.151 e. The smallest absolute Gasteiger partial charge is 0.151 e. The molecule has 0 aromatic rings. The van der Waals surface area contributed by atoms with Gasteiger partial charge in [0.05, 0.1) is 5.70 Å². The van der Waals surface area contributed by atoms with Crippen molar-refractivity contribution in [1.82, 2.24) is 10.2 Å². The number of nitrogens with zero attached hydrogens (tertiary/aromatic N) is 2. The van der Waals surface area contributed by atoms with Crippen LogP contribution >= 0.6 is 0 Å². The van der Waals surface area contributed by atoms with Crippen molar-refractivity contribution >= 4 is 6.72 Å². The highest BCUT2D eigenvalue weighted by molar-refractivity contribution is 5.33. The Kier molecular flexibility index (Phi) is 2.31. The molecule has 0 fully saturated rings. The minimum absolute atomic E-state index is 0.881. The molecule has 0 saturated heterocycles. The maximum absolute atomic E-state index is 3.90. The van der Waals surface area contributed by atoms with E-state index in [2.05, 4.69) is 28.5 Å². The Balaban J connectivity index is 2.94. The number of likely N-dealkylation sites (N-methyl/N-ethyl adjacent to an activating group) is 1. The lowest BCUT2D eigenvalue weighted by atomic mass is 10.3. The molecular formula is C8H13N3. The molecule has 1 aliphatic rings. The molecule has 1 aliphatic heterocycles. The van der Waals surface area contributed by atoms with Crippen LogP contribution in [0.4, 0.5) is 0 Å². The van der Waals surface area contributed by atoms with Crippen molar-refractivity contribution < 1.29 is 0 Å². The molecule has 0 aliphatic carbocycles. The van der Waals surface area contributed by atoms with Crippen molar-refractivity contribution in [3.05, 3.63) is 24.2 Å². The second kappa shape index (κ2) is 3.23.